The molecule has 0 saturated heterocycles. The van der Waals surface area contributed by atoms with Crippen molar-refractivity contribution in [2.75, 3.05) is 5.75 Å². The fraction of sp³-hybridized carbons (Fsp3) is 0.733. The molecule has 3 saturated carbocycles. The normalized spacial score (nSPS) is 40.6. The monoisotopic (exact) mass is 484 g/mol. The number of fused-ring (bicyclic) bond motifs is 5. The minimum atomic E-state index is -3.21. The molecular weight excluding hydrogens is 440 g/mol. The number of hydrogen-bond acceptors (Lipinski definition) is 3. The number of sulfone groups is 1. The third-order valence-corrected chi connectivity index (χ3v) is 12.7. The summed E-state index contributed by atoms with van der Waals surface area (Å²) in [5, 5.41) is 10.9. The first-order valence-corrected chi connectivity index (χ1v) is 15.5. The summed E-state index contributed by atoms with van der Waals surface area (Å²) < 4.78 is 25.8. The average Bonchev–Trinajstić information content (AvgIpc) is 3.20. The molecule has 4 aliphatic carbocycles. The molecule has 0 bridgehead atoms. The summed E-state index contributed by atoms with van der Waals surface area (Å²) in [6.07, 6.45) is 13.6. The van der Waals surface area contributed by atoms with E-state index in [1.165, 1.54) is 32.1 Å². The van der Waals surface area contributed by atoms with Crippen LogP contribution in [0.25, 0.3) is 0 Å². The van der Waals surface area contributed by atoms with E-state index >= 15 is 0 Å². The van der Waals surface area contributed by atoms with Gasteiger partial charge in [0.1, 0.15) is 0 Å². The highest BCUT2D eigenvalue weighted by Gasteiger charge is 2.57. The lowest BCUT2D eigenvalue weighted by atomic mass is 9.50. The molecule has 0 aromatic heterocycles. The van der Waals surface area contributed by atoms with E-state index in [1.54, 1.807) is 17.7 Å². The summed E-state index contributed by atoms with van der Waals surface area (Å²) in [4.78, 5) is 0.463. The van der Waals surface area contributed by atoms with Crippen LogP contribution in [0, 0.1) is 40.9 Å². The highest BCUT2D eigenvalue weighted by molar-refractivity contribution is 7.91. The molecule has 1 aromatic carbocycles. The lowest BCUT2D eigenvalue weighted by Crippen LogP contribution is -2.48. The maximum atomic E-state index is 12.9. The molecule has 5 rings (SSSR count). The maximum absolute atomic E-state index is 12.9. The van der Waals surface area contributed by atoms with Crippen LogP contribution in [-0.2, 0) is 9.84 Å². The lowest BCUT2D eigenvalue weighted by Gasteiger charge is -2.55. The standard InChI is InChI=1S/C30H44O3S/c1-4-30(31)18-15-24-22(20-30)10-11-26-25(24)14-17-29(3)27(12-13-28(26)29)21(2)16-19-34(32,33)23-8-6-5-7-9-23/h5-10,21,24-28,31H,4,11-20H2,1-3H3/t21-,24?,25-,26-,27-,28?,29?,30+/m1/s1. The summed E-state index contributed by atoms with van der Waals surface area (Å²) in [6, 6.07) is 8.96. The van der Waals surface area contributed by atoms with Crippen LogP contribution in [0.2, 0.25) is 0 Å². The van der Waals surface area contributed by atoms with Crippen molar-refractivity contribution in [3.05, 3.63) is 42.0 Å². The number of allylic oxidation sites excluding steroid dienone is 1. The fourth-order valence-corrected chi connectivity index (χ4v) is 10.4. The van der Waals surface area contributed by atoms with Crippen LogP contribution in [0.3, 0.4) is 0 Å². The van der Waals surface area contributed by atoms with Gasteiger partial charge in [-0.25, -0.2) is 8.42 Å². The molecule has 0 spiro atoms. The van der Waals surface area contributed by atoms with Gasteiger partial charge in [0.05, 0.1) is 16.2 Å². The Hall–Kier alpha value is -1.13. The second-order valence-electron chi connectivity index (χ2n) is 12.5. The van der Waals surface area contributed by atoms with Crippen molar-refractivity contribution in [1.29, 1.82) is 0 Å². The van der Waals surface area contributed by atoms with E-state index in [0.717, 1.165) is 49.9 Å². The number of hydrogen-bond donors (Lipinski definition) is 1. The highest BCUT2D eigenvalue weighted by atomic mass is 32.2. The van der Waals surface area contributed by atoms with Crippen LogP contribution in [0.1, 0.15) is 85.0 Å². The van der Waals surface area contributed by atoms with Gasteiger partial charge in [0.15, 0.2) is 9.84 Å². The largest absolute Gasteiger partial charge is 0.390 e. The Morgan fingerprint density at radius 1 is 1.06 bits per heavy atom. The fourth-order valence-electron chi connectivity index (χ4n) is 8.93. The Labute approximate surface area is 207 Å². The van der Waals surface area contributed by atoms with Gasteiger partial charge < -0.3 is 5.11 Å². The maximum Gasteiger partial charge on any atom is 0.178 e. The predicted molar refractivity (Wildman–Crippen MR) is 138 cm³/mol. The van der Waals surface area contributed by atoms with Gasteiger partial charge in [-0.3, -0.25) is 0 Å². The zero-order valence-corrected chi connectivity index (χ0v) is 22.2. The van der Waals surface area contributed by atoms with Crippen LogP contribution in [0.5, 0.6) is 0 Å². The molecule has 3 unspecified atom stereocenters. The third kappa shape index (κ3) is 4.21. The van der Waals surface area contributed by atoms with Gasteiger partial charge in [-0.05, 0) is 117 Å². The Balaban J connectivity index is 1.27. The molecule has 1 N–H and O–H groups in total. The van der Waals surface area contributed by atoms with Crippen LogP contribution >= 0.6 is 0 Å². The Bertz CT molecular complexity index is 1010. The first-order valence-electron chi connectivity index (χ1n) is 13.9. The van der Waals surface area contributed by atoms with Gasteiger partial charge in [0.2, 0.25) is 0 Å². The second kappa shape index (κ2) is 9.07. The van der Waals surface area contributed by atoms with E-state index in [4.69, 9.17) is 0 Å². The first-order chi connectivity index (χ1) is 16.2. The summed E-state index contributed by atoms with van der Waals surface area (Å²) >= 11 is 0. The molecule has 34 heavy (non-hydrogen) atoms. The van der Waals surface area contributed by atoms with Crippen LogP contribution < -0.4 is 0 Å². The SMILES string of the molecule is CC[C@]1(O)CCC2C(=CC[C@H]3C4CC[C@H]([C@H](C)CCS(=O)(=O)c5ccccc5)C4(C)CC[C@H]23)C1. The smallest absolute Gasteiger partial charge is 0.178 e. The van der Waals surface area contributed by atoms with E-state index in [9.17, 15) is 13.5 Å². The highest BCUT2D eigenvalue weighted by Crippen LogP contribution is 2.65. The average molecular weight is 485 g/mol. The van der Waals surface area contributed by atoms with Crippen molar-refractivity contribution < 1.29 is 13.5 Å². The summed E-state index contributed by atoms with van der Waals surface area (Å²) in [6.45, 7) is 6.99. The van der Waals surface area contributed by atoms with Gasteiger partial charge >= 0.3 is 0 Å². The molecule has 0 heterocycles. The zero-order valence-electron chi connectivity index (χ0n) is 21.4. The molecule has 188 valence electrons. The predicted octanol–water partition coefficient (Wildman–Crippen LogP) is 6.82. The molecule has 4 aliphatic rings. The van der Waals surface area contributed by atoms with Crippen LogP contribution in [0.4, 0.5) is 0 Å². The summed E-state index contributed by atoms with van der Waals surface area (Å²) in [5.74, 6) is 4.38. The molecule has 1 aromatic rings. The van der Waals surface area contributed by atoms with Crippen molar-refractivity contribution in [3.8, 4) is 0 Å². The van der Waals surface area contributed by atoms with Gasteiger partial charge in [0.25, 0.3) is 0 Å². The van der Waals surface area contributed by atoms with Crippen LogP contribution in [-0.4, -0.2) is 24.9 Å². The molecule has 0 radical (unpaired) electrons. The van der Waals surface area contributed by atoms with Crippen molar-refractivity contribution in [2.24, 2.45) is 40.9 Å². The van der Waals surface area contributed by atoms with Gasteiger partial charge in [-0.2, -0.15) is 0 Å². The van der Waals surface area contributed by atoms with E-state index in [0.29, 0.717) is 28.1 Å². The van der Waals surface area contributed by atoms with E-state index < -0.39 is 15.4 Å². The minimum absolute atomic E-state index is 0.260. The molecule has 8 atom stereocenters. The second-order valence-corrected chi connectivity index (χ2v) is 14.6. The van der Waals surface area contributed by atoms with Crippen molar-refractivity contribution in [3.63, 3.8) is 0 Å². The van der Waals surface area contributed by atoms with E-state index in [2.05, 4.69) is 26.8 Å². The quantitative estimate of drug-likeness (QED) is 0.451. The topological polar surface area (TPSA) is 54.4 Å². The summed E-state index contributed by atoms with van der Waals surface area (Å²) in [5.41, 5.74) is 1.45. The van der Waals surface area contributed by atoms with Gasteiger partial charge in [-0.15, -0.1) is 0 Å². The zero-order chi connectivity index (χ0) is 24.1. The Morgan fingerprint density at radius 3 is 2.56 bits per heavy atom. The van der Waals surface area contributed by atoms with Crippen molar-refractivity contribution >= 4 is 9.84 Å². The third-order valence-electron chi connectivity index (χ3n) is 11.0. The molecule has 0 aliphatic heterocycles. The van der Waals surface area contributed by atoms with Crippen molar-refractivity contribution in [1.82, 2.24) is 0 Å². The molecule has 3 fully saturated rings. The lowest BCUT2D eigenvalue weighted by molar-refractivity contribution is -0.0456. The van der Waals surface area contributed by atoms with Crippen LogP contribution in [0.15, 0.2) is 46.9 Å². The molecule has 4 heteroatoms. The van der Waals surface area contributed by atoms with Gasteiger partial charge in [-0.1, -0.05) is 50.6 Å². The Morgan fingerprint density at radius 2 is 1.82 bits per heavy atom. The molecule has 3 nitrogen and oxygen atoms in total. The first kappa shape index (κ1) is 24.6. The van der Waals surface area contributed by atoms with E-state index in [1.807, 2.05) is 18.2 Å². The molecule has 0 amide bonds. The van der Waals surface area contributed by atoms with Crippen molar-refractivity contribution in [2.45, 2.75) is 95.5 Å². The number of aliphatic hydroxyl groups is 1. The molecular formula is C30H44O3S. The number of benzene rings is 1. The minimum Gasteiger partial charge on any atom is -0.390 e. The van der Waals surface area contributed by atoms with Gasteiger partial charge in [0, 0.05) is 0 Å². The Kier molecular flexibility index (Phi) is 6.55. The van der Waals surface area contributed by atoms with E-state index in [-0.39, 0.29) is 5.75 Å². The summed E-state index contributed by atoms with van der Waals surface area (Å²) in [7, 11) is -3.21. The number of rotatable bonds is 6.